The van der Waals surface area contributed by atoms with Crippen LogP contribution in [0.25, 0.3) is 0 Å². The lowest BCUT2D eigenvalue weighted by Gasteiger charge is -2.30. The Hall–Kier alpha value is -1.35. The molecule has 1 fully saturated rings. The molecule has 3 nitrogen and oxygen atoms in total. The number of amides is 1. The van der Waals surface area contributed by atoms with Gasteiger partial charge in [-0.05, 0) is 36.7 Å². The maximum atomic E-state index is 11.9. The van der Waals surface area contributed by atoms with Crippen molar-refractivity contribution < 1.29 is 9.90 Å². The fraction of sp³-hybridized carbons (Fsp3) is 0.588. The summed E-state index contributed by atoms with van der Waals surface area (Å²) in [6, 6.07) is 10.1. The van der Waals surface area contributed by atoms with Gasteiger partial charge in [0.15, 0.2) is 0 Å². The van der Waals surface area contributed by atoms with E-state index in [4.69, 9.17) is 0 Å². The van der Waals surface area contributed by atoms with Crippen molar-refractivity contribution >= 4 is 5.91 Å². The first kappa shape index (κ1) is 15.0. The van der Waals surface area contributed by atoms with Crippen molar-refractivity contribution in [2.24, 2.45) is 11.8 Å². The highest BCUT2D eigenvalue weighted by Gasteiger charge is 2.24. The molecule has 0 heterocycles. The van der Waals surface area contributed by atoms with Crippen molar-refractivity contribution in [2.75, 3.05) is 13.2 Å². The van der Waals surface area contributed by atoms with Crippen LogP contribution < -0.4 is 5.32 Å². The number of aliphatic hydroxyl groups is 1. The van der Waals surface area contributed by atoms with Crippen LogP contribution in [-0.4, -0.2) is 24.2 Å². The van der Waals surface area contributed by atoms with Gasteiger partial charge in [-0.15, -0.1) is 0 Å². The Morgan fingerprint density at radius 1 is 1.15 bits per heavy atom. The van der Waals surface area contributed by atoms with Crippen LogP contribution in [-0.2, 0) is 11.2 Å². The molecule has 1 aromatic rings. The largest absolute Gasteiger partial charge is 0.396 e. The second-order valence-corrected chi connectivity index (χ2v) is 5.78. The van der Waals surface area contributed by atoms with E-state index in [0.717, 1.165) is 25.8 Å². The van der Waals surface area contributed by atoms with Crippen molar-refractivity contribution in [3.05, 3.63) is 35.9 Å². The van der Waals surface area contributed by atoms with Crippen LogP contribution in [0, 0.1) is 11.8 Å². The molecule has 20 heavy (non-hydrogen) atoms. The van der Waals surface area contributed by atoms with E-state index in [2.05, 4.69) is 17.4 Å². The Bertz CT molecular complexity index is 405. The lowest BCUT2D eigenvalue weighted by Crippen LogP contribution is -2.35. The molecule has 0 bridgehead atoms. The van der Waals surface area contributed by atoms with Crippen LogP contribution in [0.1, 0.15) is 37.7 Å². The maximum Gasteiger partial charge on any atom is 0.220 e. The number of hydrogen-bond donors (Lipinski definition) is 2. The number of aliphatic hydroxyl groups excluding tert-OH is 1. The summed E-state index contributed by atoms with van der Waals surface area (Å²) in [6.07, 6.45) is 6.00. The molecular weight excluding hydrogens is 250 g/mol. The van der Waals surface area contributed by atoms with Crippen molar-refractivity contribution in [3.63, 3.8) is 0 Å². The van der Waals surface area contributed by atoms with E-state index in [-0.39, 0.29) is 12.5 Å². The van der Waals surface area contributed by atoms with Crippen LogP contribution in [0.2, 0.25) is 0 Å². The number of hydrogen-bond acceptors (Lipinski definition) is 2. The zero-order chi connectivity index (χ0) is 14.2. The maximum absolute atomic E-state index is 11.9. The Labute approximate surface area is 121 Å². The summed E-state index contributed by atoms with van der Waals surface area (Å²) in [5.74, 6) is 0.948. The van der Waals surface area contributed by atoms with Gasteiger partial charge in [0.25, 0.3) is 0 Å². The van der Waals surface area contributed by atoms with E-state index < -0.39 is 0 Å². The monoisotopic (exact) mass is 275 g/mol. The molecule has 0 aliphatic heterocycles. The van der Waals surface area contributed by atoms with Gasteiger partial charge < -0.3 is 10.4 Å². The van der Waals surface area contributed by atoms with Crippen LogP contribution in [0.15, 0.2) is 30.3 Å². The van der Waals surface area contributed by atoms with Gasteiger partial charge in [0.05, 0.1) is 0 Å². The summed E-state index contributed by atoms with van der Waals surface area (Å²) in [5.41, 5.74) is 1.20. The normalized spacial score (nSPS) is 22.4. The van der Waals surface area contributed by atoms with E-state index in [0.29, 0.717) is 18.3 Å². The third-order valence-corrected chi connectivity index (χ3v) is 4.35. The Balaban J connectivity index is 1.69. The van der Waals surface area contributed by atoms with Crippen LogP contribution in [0.5, 0.6) is 0 Å². The Morgan fingerprint density at radius 2 is 1.85 bits per heavy atom. The number of carbonyl (C=O) groups excluding carboxylic acids is 1. The highest BCUT2D eigenvalue weighted by molar-refractivity contribution is 5.76. The molecule has 2 N–H and O–H groups in total. The average molecular weight is 275 g/mol. The molecule has 0 aromatic heterocycles. The smallest absolute Gasteiger partial charge is 0.220 e. The molecule has 0 radical (unpaired) electrons. The highest BCUT2D eigenvalue weighted by atomic mass is 16.3. The molecule has 2 rings (SSSR count). The molecular formula is C17H25NO2. The molecule has 1 aromatic carbocycles. The standard InChI is InChI=1S/C17H25NO2/c19-13-16-9-5-4-8-15(16)12-18-17(20)11-10-14-6-2-1-3-7-14/h1-3,6-7,15-16,19H,4-5,8-13H2,(H,18,20). The third kappa shape index (κ3) is 4.64. The summed E-state index contributed by atoms with van der Waals surface area (Å²) in [5, 5.41) is 12.4. The third-order valence-electron chi connectivity index (χ3n) is 4.35. The summed E-state index contributed by atoms with van der Waals surface area (Å²) in [6.45, 7) is 0.976. The van der Waals surface area contributed by atoms with Gasteiger partial charge in [-0.2, -0.15) is 0 Å². The summed E-state index contributed by atoms with van der Waals surface area (Å²) < 4.78 is 0. The SMILES string of the molecule is O=C(CCc1ccccc1)NCC1CCCCC1CO. The van der Waals surface area contributed by atoms with Crippen LogP contribution in [0.3, 0.4) is 0 Å². The van der Waals surface area contributed by atoms with Gasteiger partial charge in [-0.25, -0.2) is 0 Å². The van der Waals surface area contributed by atoms with Gasteiger partial charge in [0.1, 0.15) is 0 Å². The van der Waals surface area contributed by atoms with Crippen molar-refractivity contribution in [1.82, 2.24) is 5.32 Å². The molecule has 1 aliphatic carbocycles. The Kier molecular flexibility index (Phi) is 6.06. The fourth-order valence-electron chi connectivity index (χ4n) is 3.03. The van der Waals surface area contributed by atoms with Gasteiger partial charge in [-0.3, -0.25) is 4.79 Å². The zero-order valence-corrected chi connectivity index (χ0v) is 12.1. The predicted molar refractivity (Wildman–Crippen MR) is 80.3 cm³/mol. The molecule has 1 amide bonds. The molecule has 1 aliphatic rings. The van der Waals surface area contributed by atoms with Gasteiger partial charge >= 0.3 is 0 Å². The zero-order valence-electron chi connectivity index (χ0n) is 12.1. The number of rotatable bonds is 6. The quantitative estimate of drug-likeness (QED) is 0.838. The molecule has 110 valence electrons. The van der Waals surface area contributed by atoms with Gasteiger partial charge in [-0.1, -0.05) is 43.2 Å². The molecule has 3 heteroatoms. The highest BCUT2D eigenvalue weighted by Crippen LogP contribution is 2.29. The number of carbonyl (C=O) groups is 1. The molecule has 0 saturated heterocycles. The second kappa shape index (κ2) is 8.05. The summed E-state index contributed by atoms with van der Waals surface area (Å²) >= 11 is 0. The minimum atomic E-state index is 0.121. The topological polar surface area (TPSA) is 49.3 Å². The van der Waals surface area contributed by atoms with Crippen molar-refractivity contribution in [3.8, 4) is 0 Å². The first-order valence-electron chi connectivity index (χ1n) is 7.71. The van der Waals surface area contributed by atoms with E-state index in [1.807, 2.05) is 18.2 Å². The molecule has 2 atom stereocenters. The van der Waals surface area contributed by atoms with Crippen molar-refractivity contribution in [1.29, 1.82) is 0 Å². The van der Waals surface area contributed by atoms with Crippen LogP contribution in [0.4, 0.5) is 0 Å². The van der Waals surface area contributed by atoms with E-state index in [1.165, 1.54) is 18.4 Å². The van der Waals surface area contributed by atoms with Crippen molar-refractivity contribution in [2.45, 2.75) is 38.5 Å². The molecule has 1 saturated carbocycles. The fourth-order valence-corrected chi connectivity index (χ4v) is 3.03. The first-order valence-corrected chi connectivity index (χ1v) is 7.71. The first-order chi connectivity index (χ1) is 9.79. The Morgan fingerprint density at radius 3 is 2.55 bits per heavy atom. The number of benzene rings is 1. The van der Waals surface area contributed by atoms with Crippen LogP contribution >= 0.6 is 0 Å². The average Bonchev–Trinajstić information content (AvgIpc) is 2.52. The van der Waals surface area contributed by atoms with Gasteiger partial charge in [0.2, 0.25) is 5.91 Å². The summed E-state index contributed by atoms with van der Waals surface area (Å²) in [4.78, 5) is 11.9. The minimum Gasteiger partial charge on any atom is -0.396 e. The lowest BCUT2D eigenvalue weighted by atomic mass is 9.79. The number of nitrogens with one attached hydrogen (secondary N) is 1. The minimum absolute atomic E-state index is 0.121. The predicted octanol–water partition coefficient (Wildman–Crippen LogP) is 2.53. The lowest BCUT2D eigenvalue weighted by molar-refractivity contribution is -0.121. The van der Waals surface area contributed by atoms with E-state index >= 15 is 0 Å². The number of aryl methyl sites for hydroxylation is 1. The summed E-state index contributed by atoms with van der Waals surface area (Å²) in [7, 11) is 0. The van der Waals surface area contributed by atoms with E-state index in [9.17, 15) is 9.90 Å². The second-order valence-electron chi connectivity index (χ2n) is 5.78. The van der Waals surface area contributed by atoms with E-state index in [1.54, 1.807) is 0 Å². The molecule has 0 spiro atoms. The van der Waals surface area contributed by atoms with Gasteiger partial charge in [0, 0.05) is 19.6 Å². The molecule has 2 unspecified atom stereocenters.